The first-order valence-corrected chi connectivity index (χ1v) is 5.03. The van der Waals surface area contributed by atoms with Crippen LogP contribution in [-0.4, -0.2) is 45.1 Å². The highest BCUT2D eigenvalue weighted by molar-refractivity contribution is 5.92. The number of aliphatic hydroxyl groups excluding tert-OH is 1. The molecular weight excluding hydrogens is 210 g/mol. The predicted molar refractivity (Wildman–Crippen MR) is 58.1 cm³/mol. The molecule has 0 unspecified atom stereocenters. The SMILES string of the molecule is CC(C)N(CCO)C(=O)c1cc(=O)[nH]cn1. The maximum atomic E-state index is 11.9. The molecule has 0 saturated carbocycles. The van der Waals surface area contributed by atoms with E-state index >= 15 is 0 Å². The minimum absolute atomic E-state index is 0.0549. The van der Waals surface area contributed by atoms with E-state index in [1.165, 1.54) is 11.2 Å². The minimum atomic E-state index is -0.369. The lowest BCUT2D eigenvalue weighted by Gasteiger charge is -2.25. The van der Waals surface area contributed by atoms with Crippen LogP contribution in [0.3, 0.4) is 0 Å². The number of nitrogens with one attached hydrogen (secondary N) is 1. The summed E-state index contributed by atoms with van der Waals surface area (Å²) in [6, 6.07) is 1.09. The Morgan fingerprint density at radius 2 is 2.31 bits per heavy atom. The van der Waals surface area contributed by atoms with Gasteiger partial charge in [-0.2, -0.15) is 0 Å². The normalized spacial score (nSPS) is 10.5. The van der Waals surface area contributed by atoms with Gasteiger partial charge in [0.25, 0.3) is 11.5 Å². The molecule has 0 aliphatic heterocycles. The zero-order valence-electron chi connectivity index (χ0n) is 9.30. The monoisotopic (exact) mass is 225 g/mol. The van der Waals surface area contributed by atoms with Crippen LogP contribution in [0.2, 0.25) is 0 Å². The third kappa shape index (κ3) is 2.90. The molecule has 0 radical (unpaired) electrons. The fourth-order valence-electron chi connectivity index (χ4n) is 1.33. The van der Waals surface area contributed by atoms with Gasteiger partial charge in [-0.25, -0.2) is 4.98 Å². The van der Waals surface area contributed by atoms with Gasteiger partial charge in [-0.3, -0.25) is 9.59 Å². The van der Waals surface area contributed by atoms with Gasteiger partial charge in [0.2, 0.25) is 0 Å². The van der Waals surface area contributed by atoms with Crippen LogP contribution in [0, 0.1) is 0 Å². The van der Waals surface area contributed by atoms with Crippen molar-refractivity contribution in [1.29, 1.82) is 0 Å². The second kappa shape index (κ2) is 5.41. The van der Waals surface area contributed by atoms with Crippen LogP contribution in [0.1, 0.15) is 24.3 Å². The van der Waals surface area contributed by atoms with E-state index in [1.54, 1.807) is 0 Å². The number of H-pyrrole nitrogens is 1. The molecule has 88 valence electrons. The largest absolute Gasteiger partial charge is 0.395 e. The first kappa shape index (κ1) is 12.4. The lowest BCUT2D eigenvalue weighted by molar-refractivity contribution is 0.0659. The van der Waals surface area contributed by atoms with Crippen molar-refractivity contribution in [3.8, 4) is 0 Å². The molecule has 0 aromatic carbocycles. The molecule has 1 rings (SSSR count). The van der Waals surface area contributed by atoms with E-state index in [0.29, 0.717) is 0 Å². The first-order chi connectivity index (χ1) is 7.56. The number of aliphatic hydroxyl groups is 1. The third-order valence-corrected chi connectivity index (χ3v) is 2.12. The number of nitrogens with zero attached hydrogens (tertiary/aromatic N) is 2. The van der Waals surface area contributed by atoms with Gasteiger partial charge in [-0.15, -0.1) is 0 Å². The van der Waals surface area contributed by atoms with Crippen LogP contribution in [0.4, 0.5) is 0 Å². The van der Waals surface area contributed by atoms with Crippen molar-refractivity contribution in [2.45, 2.75) is 19.9 Å². The van der Waals surface area contributed by atoms with Gasteiger partial charge in [-0.1, -0.05) is 0 Å². The number of carbonyl (C=O) groups excluding carboxylic acids is 1. The van der Waals surface area contributed by atoms with Crippen molar-refractivity contribution < 1.29 is 9.90 Å². The number of aromatic amines is 1. The highest BCUT2D eigenvalue weighted by atomic mass is 16.3. The highest BCUT2D eigenvalue weighted by Crippen LogP contribution is 2.03. The Morgan fingerprint density at radius 1 is 1.62 bits per heavy atom. The Hall–Kier alpha value is -1.69. The molecule has 0 saturated heterocycles. The molecule has 2 N–H and O–H groups in total. The number of amides is 1. The van der Waals surface area contributed by atoms with Crippen LogP contribution in [0.25, 0.3) is 0 Å². The molecule has 0 atom stereocenters. The van der Waals surface area contributed by atoms with Gasteiger partial charge in [0, 0.05) is 18.7 Å². The third-order valence-electron chi connectivity index (χ3n) is 2.12. The summed E-state index contributed by atoms with van der Waals surface area (Å²) in [6.07, 6.45) is 1.19. The Kier molecular flexibility index (Phi) is 4.19. The molecule has 1 aromatic heterocycles. The molecule has 6 nitrogen and oxygen atoms in total. The van der Waals surface area contributed by atoms with Gasteiger partial charge in [0.1, 0.15) is 5.69 Å². The Balaban J connectivity index is 2.94. The number of aromatic nitrogens is 2. The van der Waals surface area contributed by atoms with Crippen molar-refractivity contribution in [3.05, 3.63) is 28.4 Å². The van der Waals surface area contributed by atoms with E-state index < -0.39 is 0 Å². The van der Waals surface area contributed by atoms with Gasteiger partial charge in [0.05, 0.1) is 12.9 Å². The lowest BCUT2D eigenvalue weighted by Crippen LogP contribution is -2.39. The number of hydrogen-bond acceptors (Lipinski definition) is 4. The first-order valence-electron chi connectivity index (χ1n) is 5.03. The summed E-state index contributed by atoms with van der Waals surface area (Å²) in [7, 11) is 0. The highest BCUT2D eigenvalue weighted by Gasteiger charge is 2.19. The second-order valence-corrected chi connectivity index (χ2v) is 3.61. The smallest absolute Gasteiger partial charge is 0.273 e. The molecule has 6 heteroatoms. The van der Waals surface area contributed by atoms with Crippen LogP contribution >= 0.6 is 0 Å². The van der Waals surface area contributed by atoms with Crippen molar-refractivity contribution in [1.82, 2.24) is 14.9 Å². The summed E-state index contributed by atoms with van der Waals surface area (Å²) in [4.78, 5) is 30.6. The lowest BCUT2D eigenvalue weighted by atomic mass is 10.2. The molecule has 1 heterocycles. The van der Waals surface area contributed by atoms with Crippen LogP contribution in [-0.2, 0) is 0 Å². The molecule has 0 aliphatic carbocycles. The number of hydrogen-bond donors (Lipinski definition) is 2. The molecular formula is C10H15N3O3. The molecule has 0 aliphatic rings. The maximum Gasteiger partial charge on any atom is 0.273 e. The van der Waals surface area contributed by atoms with Crippen molar-refractivity contribution in [2.75, 3.05) is 13.2 Å². The summed E-state index contributed by atoms with van der Waals surface area (Å²) in [5.74, 6) is -0.352. The predicted octanol–water partition coefficient (Wildman–Crippen LogP) is -0.387. The summed E-state index contributed by atoms with van der Waals surface area (Å²) in [5.41, 5.74) is -0.281. The van der Waals surface area contributed by atoms with Gasteiger partial charge in [-0.05, 0) is 13.8 Å². The van der Waals surface area contributed by atoms with Crippen molar-refractivity contribution >= 4 is 5.91 Å². The zero-order chi connectivity index (χ0) is 12.1. The van der Waals surface area contributed by atoms with Gasteiger partial charge in [0.15, 0.2) is 0 Å². The second-order valence-electron chi connectivity index (χ2n) is 3.61. The summed E-state index contributed by atoms with van der Waals surface area (Å²) in [6.45, 7) is 3.78. The van der Waals surface area contributed by atoms with E-state index in [2.05, 4.69) is 9.97 Å². The van der Waals surface area contributed by atoms with Crippen LogP contribution in [0.15, 0.2) is 17.2 Å². The Morgan fingerprint density at radius 3 is 2.81 bits per heavy atom. The molecule has 1 amide bonds. The topological polar surface area (TPSA) is 86.3 Å². The Labute approximate surface area is 92.9 Å². The number of rotatable bonds is 4. The molecule has 16 heavy (non-hydrogen) atoms. The molecule has 0 spiro atoms. The standard InChI is InChI=1S/C10H15N3O3/c1-7(2)13(3-4-14)10(16)8-5-9(15)12-6-11-8/h5-7,14H,3-4H2,1-2H3,(H,11,12,15). The number of carbonyl (C=O) groups is 1. The molecule has 0 bridgehead atoms. The zero-order valence-corrected chi connectivity index (χ0v) is 9.30. The van der Waals surface area contributed by atoms with Crippen LogP contribution in [0.5, 0.6) is 0 Å². The van der Waals surface area contributed by atoms with Gasteiger partial charge >= 0.3 is 0 Å². The Bertz CT molecular complexity index is 414. The summed E-state index contributed by atoms with van der Waals surface area (Å²) >= 11 is 0. The molecule has 0 fully saturated rings. The summed E-state index contributed by atoms with van der Waals surface area (Å²) in [5, 5.41) is 8.85. The average Bonchev–Trinajstić information content (AvgIpc) is 2.24. The van der Waals surface area contributed by atoms with Crippen molar-refractivity contribution in [2.24, 2.45) is 0 Å². The fraction of sp³-hybridized carbons (Fsp3) is 0.500. The van der Waals surface area contributed by atoms with Crippen molar-refractivity contribution in [3.63, 3.8) is 0 Å². The van der Waals surface area contributed by atoms with E-state index in [4.69, 9.17) is 5.11 Å². The summed E-state index contributed by atoms with van der Waals surface area (Å²) < 4.78 is 0. The maximum absolute atomic E-state index is 11.9. The van der Waals surface area contributed by atoms with Crippen LogP contribution < -0.4 is 5.56 Å². The van der Waals surface area contributed by atoms with E-state index in [1.807, 2.05) is 13.8 Å². The average molecular weight is 225 g/mol. The van der Waals surface area contributed by atoms with E-state index in [-0.39, 0.29) is 36.4 Å². The minimum Gasteiger partial charge on any atom is -0.395 e. The quantitative estimate of drug-likeness (QED) is 0.731. The molecule has 1 aromatic rings. The van der Waals surface area contributed by atoms with Gasteiger partial charge < -0.3 is 15.0 Å². The fourth-order valence-corrected chi connectivity index (χ4v) is 1.33. The van der Waals surface area contributed by atoms with E-state index in [0.717, 1.165) is 6.07 Å². The van der Waals surface area contributed by atoms with E-state index in [9.17, 15) is 9.59 Å².